The fourth-order valence-electron chi connectivity index (χ4n) is 1.39. The highest BCUT2D eigenvalue weighted by Crippen LogP contribution is 2.11. The molecule has 0 atom stereocenters. The Morgan fingerprint density at radius 3 is 2.37 bits per heavy atom. The molecule has 0 radical (unpaired) electrons. The summed E-state index contributed by atoms with van der Waals surface area (Å²) in [6.45, 7) is 0. The maximum atomic E-state index is 4.09. The molecule has 5 nitrogen and oxygen atoms in total. The summed E-state index contributed by atoms with van der Waals surface area (Å²) in [7, 11) is 4.02. The first kappa shape index (κ1) is 13.5. The lowest BCUT2D eigenvalue weighted by Gasteiger charge is -2.11. The molecule has 0 aliphatic rings. The lowest BCUT2D eigenvalue weighted by molar-refractivity contribution is 1.11. The smallest absolute Gasteiger partial charge is 0.243 e. The number of nitrogens with one attached hydrogen (secondary N) is 1. The van der Waals surface area contributed by atoms with Crippen LogP contribution in [-0.4, -0.2) is 30.3 Å². The third kappa shape index (κ3) is 4.03. The molecule has 0 amide bonds. The summed E-state index contributed by atoms with van der Waals surface area (Å²) in [6.07, 6.45) is 5.05. The number of hydrogen-bond acceptors (Lipinski definition) is 5. The van der Waals surface area contributed by atoms with Gasteiger partial charge in [0.1, 0.15) is 0 Å². The van der Waals surface area contributed by atoms with Crippen LogP contribution in [0.25, 0.3) is 0 Å². The number of aromatic nitrogens is 2. The third-order valence-electron chi connectivity index (χ3n) is 2.41. The number of hydrogen-bond donors (Lipinski definition) is 1. The van der Waals surface area contributed by atoms with E-state index >= 15 is 0 Å². The van der Waals surface area contributed by atoms with Gasteiger partial charge in [-0.2, -0.15) is 5.10 Å². The second-order valence-electron chi connectivity index (χ2n) is 4.08. The van der Waals surface area contributed by atoms with Gasteiger partial charge in [-0.05, 0) is 33.6 Å². The highest BCUT2D eigenvalue weighted by molar-refractivity contribution is 9.10. The van der Waals surface area contributed by atoms with Gasteiger partial charge in [0.05, 0.1) is 10.7 Å². The van der Waals surface area contributed by atoms with Gasteiger partial charge in [-0.1, -0.05) is 12.1 Å². The minimum Gasteiger partial charge on any atom is -0.378 e. The van der Waals surface area contributed by atoms with E-state index < -0.39 is 0 Å². The van der Waals surface area contributed by atoms with Crippen LogP contribution in [0.3, 0.4) is 0 Å². The van der Waals surface area contributed by atoms with Gasteiger partial charge in [0.2, 0.25) is 5.95 Å². The molecular formula is C13H14BrN5. The summed E-state index contributed by atoms with van der Waals surface area (Å²) in [6, 6.07) is 8.08. The van der Waals surface area contributed by atoms with Gasteiger partial charge in [0.15, 0.2) is 0 Å². The van der Waals surface area contributed by atoms with Gasteiger partial charge in [0, 0.05) is 32.2 Å². The van der Waals surface area contributed by atoms with E-state index in [9.17, 15) is 0 Å². The van der Waals surface area contributed by atoms with Gasteiger partial charge >= 0.3 is 0 Å². The topological polar surface area (TPSA) is 53.4 Å². The van der Waals surface area contributed by atoms with Crippen molar-refractivity contribution in [2.75, 3.05) is 24.4 Å². The van der Waals surface area contributed by atoms with Crippen molar-refractivity contribution in [2.45, 2.75) is 0 Å². The molecule has 19 heavy (non-hydrogen) atoms. The van der Waals surface area contributed by atoms with E-state index in [-0.39, 0.29) is 0 Å². The summed E-state index contributed by atoms with van der Waals surface area (Å²) in [5, 5.41) is 4.09. The van der Waals surface area contributed by atoms with Crippen LogP contribution in [0, 0.1) is 0 Å². The first-order valence-corrected chi connectivity index (χ1v) is 6.48. The maximum Gasteiger partial charge on any atom is 0.243 e. The second-order valence-corrected chi connectivity index (χ2v) is 5.00. The average molecular weight is 320 g/mol. The molecule has 2 rings (SSSR count). The van der Waals surface area contributed by atoms with E-state index in [2.05, 4.69) is 41.3 Å². The third-order valence-corrected chi connectivity index (χ3v) is 2.82. The molecule has 0 aliphatic carbocycles. The molecular weight excluding hydrogens is 306 g/mol. The van der Waals surface area contributed by atoms with E-state index in [0.29, 0.717) is 5.95 Å². The Labute approximate surface area is 120 Å². The first-order chi connectivity index (χ1) is 9.15. The summed E-state index contributed by atoms with van der Waals surface area (Å²) >= 11 is 3.27. The van der Waals surface area contributed by atoms with Crippen LogP contribution in [0.15, 0.2) is 46.2 Å². The highest BCUT2D eigenvalue weighted by Gasteiger charge is 1.95. The van der Waals surface area contributed by atoms with Crippen molar-refractivity contribution in [3.8, 4) is 0 Å². The van der Waals surface area contributed by atoms with Crippen molar-refractivity contribution in [3.63, 3.8) is 0 Å². The second kappa shape index (κ2) is 6.29. The Kier molecular flexibility index (Phi) is 4.46. The Bertz CT molecular complexity index is 548. The Morgan fingerprint density at radius 2 is 1.79 bits per heavy atom. The number of rotatable bonds is 4. The van der Waals surface area contributed by atoms with Crippen molar-refractivity contribution in [3.05, 3.63) is 46.7 Å². The molecule has 0 spiro atoms. The summed E-state index contributed by atoms with van der Waals surface area (Å²) in [5.74, 6) is 0.462. The SMILES string of the molecule is CN(C)c1ccc(C=NNc2ncc(Br)cn2)cc1. The maximum absolute atomic E-state index is 4.09. The molecule has 0 saturated heterocycles. The van der Waals surface area contributed by atoms with E-state index in [1.165, 1.54) is 0 Å². The minimum atomic E-state index is 0.462. The van der Waals surface area contributed by atoms with Crippen LogP contribution < -0.4 is 10.3 Å². The quantitative estimate of drug-likeness (QED) is 0.695. The normalized spacial score (nSPS) is 10.7. The van der Waals surface area contributed by atoms with Crippen LogP contribution >= 0.6 is 15.9 Å². The van der Waals surface area contributed by atoms with Crippen molar-refractivity contribution in [2.24, 2.45) is 5.10 Å². The van der Waals surface area contributed by atoms with Crippen LogP contribution in [0.2, 0.25) is 0 Å². The number of benzene rings is 1. The van der Waals surface area contributed by atoms with Crippen molar-refractivity contribution < 1.29 is 0 Å². The zero-order valence-corrected chi connectivity index (χ0v) is 12.3. The van der Waals surface area contributed by atoms with Gasteiger partial charge in [-0.25, -0.2) is 15.4 Å². The fraction of sp³-hybridized carbons (Fsp3) is 0.154. The standard InChI is InChI=1S/C13H14BrN5/c1-19(2)12-5-3-10(4-6-12)7-17-18-13-15-8-11(14)9-16-13/h3-9H,1-2H3,(H,15,16,18). The van der Waals surface area contributed by atoms with Crippen molar-refractivity contribution in [1.82, 2.24) is 9.97 Å². The lowest BCUT2D eigenvalue weighted by atomic mass is 10.2. The molecule has 0 aliphatic heterocycles. The number of halogens is 1. The molecule has 1 aromatic heterocycles. The van der Waals surface area contributed by atoms with Gasteiger partial charge in [0.25, 0.3) is 0 Å². The average Bonchev–Trinajstić information content (AvgIpc) is 2.41. The van der Waals surface area contributed by atoms with Gasteiger partial charge in [-0.15, -0.1) is 0 Å². The zero-order valence-electron chi connectivity index (χ0n) is 10.7. The molecule has 1 heterocycles. The molecule has 0 bridgehead atoms. The van der Waals surface area contributed by atoms with E-state index in [1.807, 2.05) is 38.4 Å². The molecule has 98 valence electrons. The first-order valence-electron chi connectivity index (χ1n) is 5.69. The summed E-state index contributed by atoms with van der Waals surface area (Å²) in [4.78, 5) is 10.2. The van der Waals surface area contributed by atoms with Crippen LogP contribution in [0.5, 0.6) is 0 Å². The zero-order chi connectivity index (χ0) is 13.7. The van der Waals surface area contributed by atoms with E-state index in [4.69, 9.17) is 0 Å². The largest absolute Gasteiger partial charge is 0.378 e. The molecule has 1 aromatic carbocycles. The van der Waals surface area contributed by atoms with Crippen LogP contribution in [0.4, 0.5) is 11.6 Å². The summed E-state index contributed by atoms with van der Waals surface area (Å²) < 4.78 is 0.835. The fourth-order valence-corrected chi connectivity index (χ4v) is 1.60. The van der Waals surface area contributed by atoms with Crippen molar-refractivity contribution in [1.29, 1.82) is 0 Å². The summed E-state index contributed by atoms with van der Waals surface area (Å²) in [5.41, 5.74) is 4.94. The minimum absolute atomic E-state index is 0.462. The molecule has 0 fully saturated rings. The number of nitrogens with zero attached hydrogens (tertiary/aromatic N) is 4. The molecule has 0 unspecified atom stereocenters. The molecule has 1 N–H and O–H groups in total. The molecule has 6 heteroatoms. The highest BCUT2D eigenvalue weighted by atomic mass is 79.9. The van der Waals surface area contributed by atoms with Crippen molar-refractivity contribution >= 4 is 33.8 Å². The predicted molar refractivity (Wildman–Crippen MR) is 81.7 cm³/mol. The van der Waals surface area contributed by atoms with Crippen LogP contribution in [-0.2, 0) is 0 Å². The molecule has 0 saturated carbocycles. The van der Waals surface area contributed by atoms with Crippen LogP contribution in [0.1, 0.15) is 5.56 Å². The van der Waals surface area contributed by atoms with Gasteiger partial charge in [-0.3, -0.25) is 0 Å². The lowest BCUT2D eigenvalue weighted by Crippen LogP contribution is -2.08. The Morgan fingerprint density at radius 1 is 1.16 bits per heavy atom. The predicted octanol–water partition coefficient (Wildman–Crippen LogP) is 2.75. The van der Waals surface area contributed by atoms with Gasteiger partial charge < -0.3 is 4.90 Å². The Hall–Kier alpha value is -1.95. The number of anilines is 2. The van der Waals surface area contributed by atoms with E-state index in [1.54, 1.807) is 18.6 Å². The van der Waals surface area contributed by atoms with E-state index in [0.717, 1.165) is 15.7 Å². The Balaban J connectivity index is 1.97. The number of hydrazone groups is 1. The molecule has 2 aromatic rings. The monoisotopic (exact) mass is 319 g/mol.